The van der Waals surface area contributed by atoms with Crippen LogP contribution in [0.5, 0.6) is 5.75 Å². The van der Waals surface area contributed by atoms with Gasteiger partial charge in [-0.2, -0.15) is 5.10 Å². The molecule has 0 aliphatic carbocycles. The summed E-state index contributed by atoms with van der Waals surface area (Å²) in [4.78, 5) is 20.8. The highest BCUT2D eigenvalue weighted by Crippen LogP contribution is 2.35. The van der Waals surface area contributed by atoms with Crippen LogP contribution >= 0.6 is 11.3 Å². The van der Waals surface area contributed by atoms with E-state index in [-0.39, 0.29) is 5.91 Å². The lowest BCUT2D eigenvalue weighted by molar-refractivity contribution is 0.0306. The standard InChI is InChI=1S/C22H20N4O3S/c1-28-17-5-3-2-4-15(17)20-16-12-14(13-23-21(16)25-24-20)18-6-7-19(30-18)22(27)26-8-10-29-11-9-26/h2-7,12-13H,8-11H2,1H3,(H,23,24,25). The maximum absolute atomic E-state index is 12.8. The van der Waals surface area contributed by atoms with Gasteiger partial charge in [0.15, 0.2) is 5.65 Å². The summed E-state index contributed by atoms with van der Waals surface area (Å²) in [5.74, 6) is 0.824. The fourth-order valence-corrected chi connectivity index (χ4v) is 4.58. The van der Waals surface area contributed by atoms with Gasteiger partial charge in [-0.3, -0.25) is 9.89 Å². The molecule has 1 saturated heterocycles. The topological polar surface area (TPSA) is 80.3 Å². The van der Waals surface area contributed by atoms with Crippen LogP contribution < -0.4 is 4.74 Å². The van der Waals surface area contributed by atoms with E-state index in [1.807, 2.05) is 41.3 Å². The van der Waals surface area contributed by atoms with Crippen molar-refractivity contribution in [1.82, 2.24) is 20.1 Å². The molecule has 1 amide bonds. The Labute approximate surface area is 177 Å². The molecule has 0 atom stereocenters. The van der Waals surface area contributed by atoms with Crippen LogP contribution in [0.25, 0.3) is 32.7 Å². The Morgan fingerprint density at radius 3 is 2.87 bits per heavy atom. The number of ether oxygens (including phenoxy) is 2. The molecule has 7 nitrogen and oxygen atoms in total. The highest BCUT2D eigenvalue weighted by molar-refractivity contribution is 7.17. The maximum Gasteiger partial charge on any atom is 0.264 e. The third kappa shape index (κ3) is 3.34. The summed E-state index contributed by atoms with van der Waals surface area (Å²) in [5, 5.41) is 8.34. The number of aromatic nitrogens is 3. The summed E-state index contributed by atoms with van der Waals surface area (Å²) < 4.78 is 10.8. The van der Waals surface area contributed by atoms with Gasteiger partial charge in [0.1, 0.15) is 5.75 Å². The molecule has 5 rings (SSSR count). The number of H-pyrrole nitrogens is 1. The molecule has 1 aliphatic rings. The first-order chi connectivity index (χ1) is 14.7. The van der Waals surface area contributed by atoms with Crippen LogP contribution in [0.1, 0.15) is 9.67 Å². The number of nitrogens with one attached hydrogen (secondary N) is 1. The van der Waals surface area contributed by atoms with Crippen LogP contribution in [-0.4, -0.2) is 59.4 Å². The summed E-state index contributed by atoms with van der Waals surface area (Å²) >= 11 is 1.48. The summed E-state index contributed by atoms with van der Waals surface area (Å²) in [6, 6.07) is 13.7. The summed E-state index contributed by atoms with van der Waals surface area (Å²) in [6.07, 6.45) is 1.80. The SMILES string of the molecule is COc1ccccc1-c1[nH]nc2ncc(-c3ccc(C(=O)N4CCOCC4)s3)cc12. The molecule has 4 aromatic rings. The van der Waals surface area contributed by atoms with Crippen LogP contribution in [0, 0.1) is 0 Å². The molecule has 3 aromatic heterocycles. The van der Waals surface area contributed by atoms with Crippen molar-refractivity contribution in [2.75, 3.05) is 33.4 Å². The van der Waals surface area contributed by atoms with Crippen molar-refractivity contribution in [2.24, 2.45) is 0 Å². The average Bonchev–Trinajstić information content (AvgIpc) is 3.46. The number of hydrogen-bond donors (Lipinski definition) is 1. The number of rotatable bonds is 4. The Balaban J connectivity index is 1.50. The minimum atomic E-state index is 0.0570. The minimum absolute atomic E-state index is 0.0570. The van der Waals surface area contributed by atoms with Gasteiger partial charge >= 0.3 is 0 Å². The average molecular weight is 420 g/mol. The van der Waals surface area contributed by atoms with Crippen molar-refractivity contribution < 1.29 is 14.3 Å². The first-order valence-electron chi connectivity index (χ1n) is 9.69. The highest BCUT2D eigenvalue weighted by atomic mass is 32.1. The summed E-state index contributed by atoms with van der Waals surface area (Å²) in [7, 11) is 1.65. The number of aromatic amines is 1. The van der Waals surface area contributed by atoms with Crippen LogP contribution in [0.15, 0.2) is 48.7 Å². The number of morpholine rings is 1. The fourth-order valence-electron chi connectivity index (χ4n) is 3.62. The molecule has 4 heterocycles. The molecule has 1 aromatic carbocycles. The second-order valence-corrected chi connectivity index (χ2v) is 8.05. The number of benzene rings is 1. The maximum atomic E-state index is 12.8. The van der Waals surface area contributed by atoms with Gasteiger partial charge in [0.2, 0.25) is 0 Å². The van der Waals surface area contributed by atoms with Crippen molar-refractivity contribution in [3.8, 4) is 27.4 Å². The van der Waals surface area contributed by atoms with Crippen molar-refractivity contribution in [3.05, 3.63) is 53.5 Å². The molecule has 152 valence electrons. The van der Waals surface area contributed by atoms with Gasteiger partial charge in [-0.05, 0) is 30.3 Å². The molecule has 1 aliphatic heterocycles. The van der Waals surface area contributed by atoms with Crippen LogP contribution in [0.2, 0.25) is 0 Å². The number of methoxy groups -OCH3 is 1. The zero-order valence-corrected chi connectivity index (χ0v) is 17.2. The molecule has 1 fully saturated rings. The highest BCUT2D eigenvalue weighted by Gasteiger charge is 2.21. The Bertz CT molecular complexity index is 1210. The minimum Gasteiger partial charge on any atom is -0.496 e. The Kier molecular flexibility index (Phi) is 4.94. The van der Waals surface area contributed by atoms with E-state index >= 15 is 0 Å². The van der Waals surface area contributed by atoms with E-state index in [4.69, 9.17) is 9.47 Å². The zero-order chi connectivity index (χ0) is 20.5. The number of carbonyl (C=O) groups is 1. The van der Waals surface area contributed by atoms with E-state index in [2.05, 4.69) is 21.2 Å². The molecular formula is C22H20N4O3S. The van der Waals surface area contributed by atoms with Gasteiger partial charge < -0.3 is 14.4 Å². The predicted molar refractivity (Wildman–Crippen MR) is 116 cm³/mol. The number of thiophene rings is 1. The fraction of sp³-hybridized carbons (Fsp3) is 0.227. The largest absolute Gasteiger partial charge is 0.496 e. The first-order valence-corrected chi connectivity index (χ1v) is 10.5. The van der Waals surface area contributed by atoms with Gasteiger partial charge in [0.05, 0.1) is 30.9 Å². The van der Waals surface area contributed by atoms with Crippen molar-refractivity contribution >= 4 is 28.3 Å². The molecular weight excluding hydrogens is 400 g/mol. The quantitative estimate of drug-likeness (QED) is 0.543. The monoisotopic (exact) mass is 420 g/mol. The molecule has 0 unspecified atom stereocenters. The molecule has 0 spiro atoms. The van der Waals surface area contributed by atoms with Crippen LogP contribution in [0.4, 0.5) is 0 Å². The third-order valence-corrected chi connectivity index (χ3v) is 6.31. The normalized spacial score (nSPS) is 14.2. The molecule has 8 heteroatoms. The van der Waals surface area contributed by atoms with Crippen LogP contribution in [-0.2, 0) is 4.74 Å². The number of nitrogens with zero attached hydrogens (tertiary/aromatic N) is 3. The third-order valence-electron chi connectivity index (χ3n) is 5.19. The summed E-state index contributed by atoms with van der Waals surface area (Å²) in [5.41, 5.74) is 3.38. The van der Waals surface area contributed by atoms with Crippen LogP contribution in [0.3, 0.4) is 0 Å². The van der Waals surface area contributed by atoms with E-state index < -0.39 is 0 Å². The number of para-hydroxylation sites is 1. The van der Waals surface area contributed by atoms with Gasteiger partial charge in [-0.1, -0.05) is 12.1 Å². The summed E-state index contributed by atoms with van der Waals surface area (Å²) in [6.45, 7) is 2.46. The van der Waals surface area contributed by atoms with Gasteiger partial charge in [0.25, 0.3) is 5.91 Å². The number of carbonyl (C=O) groups excluding carboxylic acids is 1. The van der Waals surface area contributed by atoms with E-state index in [0.717, 1.165) is 37.7 Å². The smallest absolute Gasteiger partial charge is 0.264 e. The lowest BCUT2D eigenvalue weighted by atomic mass is 10.1. The van der Waals surface area contributed by atoms with Crippen molar-refractivity contribution in [2.45, 2.75) is 0 Å². The molecule has 0 radical (unpaired) electrons. The van der Waals surface area contributed by atoms with Crippen molar-refractivity contribution in [1.29, 1.82) is 0 Å². The zero-order valence-electron chi connectivity index (χ0n) is 16.4. The van der Waals surface area contributed by atoms with Gasteiger partial charge in [0, 0.05) is 40.7 Å². The number of pyridine rings is 1. The second-order valence-electron chi connectivity index (χ2n) is 6.96. The van der Waals surface area contributed by atoms with E-state index in [9.17, 15) is 4.79 Å². The van der Waals surface area contributed by atoms with Crippen molar-refractivity contribution in [3.63, 3.8) is 0 Å². The Morgan fingerprint density at radius 2 is 2.03 bits per heavy atom. The molecule has 0 saturated carbocycles. The molecule has 0 bridgehead atoms. The van der Waals surface area contributed by atoms with Gasteiger partial charge in [-0.15, -0.1) is 11.3 Å². The Hall–Kier alpha value is -3.23. The number of amides is 1. The second kappa shape index (κ2) is 7.89. The predicted octanol–water partition coefficient (Wildman–Crippen LogP) is 3.83. The van der Waals surface area contributed by atoms with E-state index in [1.54, 1.807) is 13.3 Å². The lowest BCUT2D eigenvalue weighted by Crippen LogP contribution is -2.40. The molecule has 30 heavy (non-hydrogen) atoms. The first kappa shape index (κ1) is 18.8. The number of fused-ring (bicyclic) bond motifs is 1. The lowest BCUT2D eigenvalue weighted by Gasteiger charge is -2.26. The Morgan fingerprint density at radius 1 is 1.20 bits per heavy atom. The number of hydrogen-bond acceptors (Lipinski definition) is 6. The van der Waals surface area contributed by atoms with E-state index in [1.165, 1.54) is 11.3 Å². The van der Waals surface area contributed by atoms with E-state index in [0.29, 0.717) is 32.0 Å². The van der Waals surface area contributed by atoms with Gasteiger partial charge in [-0.25, -0.2) is 4.98 Å². The molecule has 1 N–H and O–H groups in total.